The average Bonchev–Trinajstić information content (AvgIpc) is 3.01. The van der Waals surface area contributed by atoms with Gasteiger partial charge < -0.3 is 9.15 Å². The molecular formula is C13H23N3O4S. The molecule has 21 heavy (non-hydrogen) atoms. The van der Waals surface area contributed by atoms with Gasteiger partial charge in [0.15, 0.2) is 0 Å². The molecule has 1 aliphatic heterocycles. The van der Waals surface area contributed by atoms with E-state index in [4.69, 9.17) is 9.15 Å². The fourth-order valence-corrected chi connectivity index (χ4v) is 3.21. The molecule has 1 unspecified atom stereocenters. The molecule has 1 aliphatic rings. The second kappa shape index (κ2) is 7.90. The maximum Gasteiger partial charge on any atom is 0.276 e. The molecule has 1 aromatic rings. The Morgan fingerprint density at radius 2 is 2.10 bits per heavy atom. The molecule has 7 nitrogen and oxygen atoms in total. The number of furan rings is 1. The lowest BCUT2D eigenvalue weighted by Crippen LogP contribution is -2.46. The van der Waals surface area contributed by atoms with Crippen molar-refractivity contribution in [3.8, 4) is 0 Å². The molecule has 1 atom stereocenters. The molecule has 0 aliphatic carbocycles. The lowest BCUT2D eigenvalue weighted by atomic mass is 10.2. The molecule has 0 saturated carbocycles. The summed E-state index contributed by atoms with van der Waals surface area (Å²) in [6.07, 6.45) is 2.36. The molecule has 0 bridgehead atoms. The van der Waals surface area contributed by atoms with Crippen molar-refractivity contribution in [1.29, 1.82) is 0 Å². The van der Waals surface area contributed by atoms with Crippen LogP contribution >= 0.6 is 0 Å². The molecule has 1 aromatic heterocycles. The maximum absolute atomic E-state index is 11.9. The van der Waals surface area contributed by atoms with Gasteiger partial charge in [-0.3, -0.25) is 4.90 Å². The lowest BCUT2D eigenvalue weighted by Gasteiger charge is -2.33. The van der Waals surface area contributed by atoms with Crippen molar-refractivity contribution < 1.29 is 17.6 Å². The van der Waals surface area contributed by atoms with Crippen LogP contribution in [0.4, 0.5) is 0 Å². The quantitative estimate of drug-likeness (QED) is 0.729. The molecule has 1 fully saturated rings. The van der Waals surface area contributed by atoms with E-state index < -0.39 is 10.2 Å². The van der Waals surface area contributed by atoms with Crippen molar-refractivity contribution in [2.75, 3.05) is 39.4 Å². The van der Waals surface area contributed by atoms with E-state index in [1.54, 1.807) is 6.26 Å². The number of morpholine rings is 1. The molecule has 0 spiro atoms. The summed E-state index contributed by atoms with van der Waals surface area (Å²) in [5, 5.41) is 0. The van der Waals surface area contributed by atoms with Crippen molar-refractivity contribution in [2.45, 2.75) is 19.4 Å². The molecule has 1 saturated heterocycles. The van der Waals surface area contributed by atoms with Crippen molar-refractivity contribution in [1.82, 2.24) is 14.3 Å². The summed E-state index contributed by atoms with van der Waals surface area (Å²) < 4.78 is 39.6. The largest absolute Gasteiger partial charge is 0.468 e. The first kappa shape index (κ1) is 16.4. The predicted octanol–water partition coefficient (Wildman–Crippen LogP) is 0.487. The Balaban J connectivity index is 1.99. The summed E-state index contributed by atoms with van der Waals surface area (Å²) in [4.78, 5) is 2.17. The van der Waals surface area contributed by atoms with Crippen molar-refractivity contribution in [3.63, 3.8) is 0 Å². The van der Waals surface area contributed by atoms with E-state index in [0.29, 0.717) is 19.8 Å². The highest BCUT2D eigenvalue weighted by Crippen LogP contribution is 2.21. The van der Waals surface area contributed by atoms with Gasteiger partial charge >= 0.3 is 0 Å². The maximum atomic E-state index is 11.9. The third-order valence-electron chi connectivity index (χ3n) is 3.37. The smallest absolute Gasteiger partial charge is 0.276 e. The monoisotopic (exact) mass is 317 g/mol. The fraction of sp³-hybridized carbons (Fsp3) is 0.692. The van der Waals surface area contributed by atoms with Crippen LogP contribution in [-0.4, -0.2) is 52.7 Å². The van der Waals surface area contributed by atoms with Gasteiger partial charge in [-0.25, -0.2) is 9.44 Å². The molecule has 0 aromatic carbocycles. The van der Waals surface area contributed by atoms with Crippen LogP contribution in [0.15, 0.2) is 22.8 Å². The van der Waals surface area contributed by atoms with E-state index in [9.17, 15) is 8.42 Å². The Labute approximate surface area is 125 Å². The van der Waals surface area contributed by atoms with E-state index in [1.165, 1.54) is 0 Å². The molecule has 2 N–H and O–H groups in total. The highest BCUT2D eigenvalue weighted by Gasteiger charge is 2.26. The standard InChI is InChI=1S/C13H23N3O4S/c1-2-5-14-21(17,18)15-11-12(13-4-3-8-20-13)16-6-9-19-10-7-16/h3-4,8,12,14-15H,2,5-7,9-11H2,1H3. The van der Waals surface area contributed by atoms with Crippen LogP contribution in [0, 0.1) is 0 Å². The Morgan fingerprint density at radius 1 is 1.33 bits per heavy atom. The van der Waals surface area contributed by atoms with Crippen LogP contribution in [0.2, 0.25) is 0 Å². The zero-order valence-electron chi connectivity index (χ0n) is 12.2. The molecule has 2 heterocycles. The van der Waals surface area contributed by atoms with Crippen molar-refractivity contribution in [3.05, 3.63) is 24.2 Å². The Kier molecular flexibility index (Phi) is 6.19. The number of nitrogens with zero attached hydrogens (tertiary/aromatic N) is 1. The van der Waals surface area contributed by atoms with E-state index in [0.717, 1.165) is 25.3 Å². The first-order valence-corrected chi connectivity index (χ1v) is 8.70. The van der Waals surface area contributed by atoms with Gasteiger partial charge in [0, 0.05) is 26.2 Å². The molecule has 0 radical (unpaired) electrons. The summed E-state index contributed by atoms with van der Waals surface area (Å²) in [5.41, 5.74) is 0. The van der Waals surface area contributed by atoms with Crippen LogP contribution < -0.4 is 9.44 Å². The van der Waals surface area contributed by atoms with Gasteiger partial charge in [0.2, 0.25) is 0 Å². The summed E-state index contributed by atoms with van der Waals surface area (Å²) in [6.45, 7) is 5.44. The number of nitrogens with one attached hydrogen (secondary N) is 2. The molecule has 120 valence electrons. The van der Waals surface area contributed by atoms with Crippen molar-refractivity contribution >= 4 is 10.2 Å². The van der Waals surface area contributed by atoms with E-state index >= 15 is 0 Å². The zero-order valence-corrected chi connectivity index (χ0v) is 13.1. The number of hydrogen-bond donors (Lipinski definition) is 2. The Hall–Kier alpha value is -0.930. The lowest BCUT2D eigenvalue weighted by molar-refractivity contribution is 0.0128. The second-order valence-corrected chi connectivity index (χ2v) is 6.51. The highest BCUT2D eigenvalue weighted by atomic mass is 32.2. The first-order valence-electron chi connectivity index (χ1n) is 7.22. The molecular weight excluding hydrogens is 294 g/mol. The van der Waals surface area contributed by atoms with Crippen LogP contribution in [-0.2, 0) is 14.9 Å². The van der Waals surface area contributed by atoms with E-state index in [2.05, 4.69) is 14.3 Å². The van der Waals surface area contributed by atoms with Crippen LogP contribution in [0.3, 0.4) is 0 Å². The summed E-state index contributed by atoms with van der Waals surface area (Å²) >= 11 is 0. The van der Waals surface area contributed by atoms with Gasteiger partial charge in [-0.05, 0) is 18.6 Å². The van der Waals surface area contributed by atoms with Gasteiger partial charge in [-0.2, -0.15) is 8.42 Å². The van der Waals surface area contributed by atoms with Crippen LogP contribution in [0.25, 0.3) is 0 Å². The molecule has 0 amide bonds. The van der Waals surface area contributed by atoms with Gasteiger partial charge in [-0.1, -0.05) is 6.92 Å². The topological polar surface area (TPSA) is 83.8 Å². The summed E-state index contributed by atoms with van der Waals surface area (Å²) in [5.74, 6) is 0.759. The molecule has 8 heteroatoms. The number of rotatable bonds is 8. The van der Waals surface area contributed by atoms with E-state index in [-0.39, 0.29) is 12.6 Å². The minimum atomic E-state index is -3.47. The third kappa shape index (κ3) is 5.08. The Morgan fingerprint density at radius 3 is 2.71 bits per heavy atom. The van der Waals surface area contributed by atoms with Gasteiger partial charge in [0.05, 0.1) is 25.5 Å². The second-order valence-electron chi connectivity index (χ2n) is 4.93. The highest BCUT2D eigenvalue weighted by molar-refractivity contribution is 7.87. The Bertz CT molecular complexity index is 497. The van der Waals surface area contributed by atoms with Gasteiger partial charge in [0.25, 0.3) is 10.2 Å². The molecule has 2 rings (SSSR count). The number of ether oxygens (including phenoxy) is 1. The summed E-state index contributed by atoms with van der Waals surface area (Å²) in [6, 6.07) is 3.56. The zero-order chi connectivity index (χ0) is 15.1. The minimum absolute atomic E-state index is 0.123. The van der Waals surface area contributed by atoms with Gasteiger partial charge in [-0.15, -0.1) is 0 Å². The predicted molar refractivity (Wildman–Crippen MR) is 79.1 cm³/mol. The van der Waals surface area contributed by atoms with Crippen LogP contribution in [0.5, 0.6) is 0 Å². The van der Waals surface area contributed by atoms with Crippen LogP contribution in [0.1, 0.15) is 25.1 Å². The normalized spacial score (nSPS) is 18.7. The van der Waals surface area contributed by atoms with Crippen molar-refractivity contribution in [2.24, 2.45) is 0 Å². The first-order chi connectivity index (χ1) is 10.1. The SMILES string of the molecule is CCCNS(=O)(=O)NCC(c1ccco1)N1CCOCC1. The summed E-state index contributed by atoms with van der Waals surface area (Å²) in [7, 11) is -3.47. The average molecular weight is 317 g/mol. The third-order valence-corrected chi connectivity index (χ3v) is 4.50. The minimum Gasteiger partial charge on any atom is -0.468 e. The fourth-order valence-electron chi connectivity index (χ4n) is 2.26. The van der Waals surface area contributed by atoms with Gasteiger partial charge in [0.1, 0.15) is 5.76 Å². The number of hydrogen-bond acceptors (Lipinski definition) is 5. The van der Waals surface area contributed by atoms with E-state index in [1.807, 2.05) is 19.1 Å².